The summed E-state index contributed by atoms with van der Waals surface area (Å²) < 4.78 is 34.8. The van der Waals surface area contributed by atoms with E-state index in [1.807, 2.05) is 26.0 Å². The van der Waals surface area contributed by atoms with Crippen LogP contribution in [-0.4, -0.2) is 43.1 Å². The highest BCUT2D eigenvalue weighted by molar-refractivity contribution is 7.92. The number of rotatable bonds is 11. The summed E-state index contributed by atoms with van der Waals surface area (Å²) in [5.74, 6) is 0.0748. The number of carbonyl (C=O) groups is 1. The minimum absolute atomic E-state index is 0. The molecule has 0 fully saturated rings. The van der Waals surface area contributed by atoms with Crippen LogP contribution in [0.1, 0.15) is 24.1 Å². The summed E-state index contributed by atoms with van der Waals surface area (Å²) in [6, 6.07) is 23.6. The molecule has 0 aliphatic heterocycles. The van der Waals surface area contributed by atoms with Gasteiger partial charge >= 0.3 is 0 Å². The third kappa shape index (κ3) is 8.25. The van der Waals surface area contributed by atoms with Gasteiger partial charge in [0.15, 0.2) is 11.6 Å². The lowest BCUT2D eigenvalue weighted by Crippen LogP contribution is -2.28. The molecule has 45 heavy (non-hydrogen) atoms. The first kappa shape index (κ1) is 32.7. The van der Waals surface area contributed by atoms with Crippen LogP contribution in [0.25, 0.3) is 11.0 Å². The number of hydrogen-bond donors (Lipinski definition) is 5. The number of sulfonamides is 1. The van der Waals surface area contributed by atoms with E-state index in [1.54, 1.807) is 36.4 Å². The molecule has 1 amide bonds. The van der Waals surface area contributed by atoms with Crippen LogP contribution in [0.5, 0.6) is 11.5 Å². The number of fused-ring (bicyclic) bond motifs is 1. The Morgan fingerprint density at radius 2 is 1.60 bits per heavy atom. The number of aromatic nitrogens is 2. The van der Waals surface area contributed by atoms with Gasteiger partial charge in [0.05, 0.1) is 29.6 Å². The molecule has 0 atom stereocenters. The second-order valence-electron chi connectivity index (χ2n) is 10.2. The monoisotopic (exact) mass is 628 g/mol. The molecule has 0 aliphatic carbocycles. The van der Waals surface area contributed by atoms with E-state index >= 15 is 0 Å². The number of ether oxygens (including phenoxy) is 1. The number of carbonyl (C=O) groups excluding carboxylic acids is 1. The minimum Gasteiger partial charge on any atom is -0.508 e. The quantitative estimate of drug-likeness (QED) is 0.121. The molecule has 0 saturated heterocycles. The summed E-state index contributed by atoms with van der Waals surface area (Å²) in [5, 5.41) is 19.0. The Labute approximate surface area is 262 Å². The van der Waals surface area contributed by atoms with Crippen molar-refractivity contribution in [3.63, 3.8) is 0 Å². The van der Waals surface area contributed by atoms with Gasteiger partial charge in [0, 0.05) is 36.1 Å². The first-order valence-electron chi connectivity index (χ1n) is 13.7. The van der Waals surface area contributed by atoms with Crippen molar-refractivity contribution in [3.05, 3.63) is 102 Å². The number of anilines is 4. The van der Waals surface area contributed by atoms with E-state index in [1.165, 1.54) is 43.0 Å². The summed E-state index contributed by atoms with van der Waals surface area (Å²) in [4.78, 5) is 21.6. The number of benzene rings is 4. The largest absolute Gasteiger partial charge is 0.508 e. The lowest BCUT2D eigenvalue weighted by atomic mass is 10.1. The van der Waals surface area contributed by atoms with Crippen LogP contribution < -0.4 is 25.4 Å². The van der Waals surface area contributed by atoms with Crippen molar-refractivity contribution < 1.29 is 23.1 Å². The van der Waals surface area contributed by atoms with Crippen LogP contribution in [0.3, 0.4) is 0 Å². The van der Waals surface area contributed by atoms with Crippen LogP contribution in [-0.2, 0) is 21.4 Å². The summed E-state index contributed by atoms with van der Waals surface area (Å²) in [5.41, 5.74) is 5.13. The maximum Gasteiger partial charge on any atom is 0.263 e. The van der Waals surface area contributed by atoms with Crippen molar-refractivity contribution in [2.45, 2.75) is 32.7 Å². The molecule has 5 rings (SSSR count). The molecule has 0 saturated carbocycles. The number of methoxy groups -OCH3 is 1. The van der Waals surface area contributed by atoms with Crippen molar-refractivity contribution in [1.82, 2.24) is 15.3 Å². The molecule has 234 valence electrons. The molecule has 5 aromatic rings. The number of nitrogens with one attached hydrogen (secondary N) is 4. The number of phenolic OH excluding ortho intramolecular Hbond substituents is 1. The molecule has 0 radical (unpaired) electrons. The number of para-hydroxylation sites is 2. The number of nitrogens with zero attached hydrogens (tertiary/aromatic N) is 2. The predicted octanol–water partition coefficient (Wildman–Crippen LogP) is 5.87. The van der Waals surface area contributed by atoms with Crippen molar-refractivity contribution in [2.75, 3.05) is 29.0 Å². The Kier molecular flexibility index (Phi) is 10.2. The predicted molar refractivity (Wildman–Crippen MR) is 178 cm³/mol. The van der Waals surface area contributed by atoms with Gasteiger partial charge in [-0.15, -0.1) is 0 Å². The van der Waals surface area contributed by atoms with Crippen LogP contribution in [0.2, 0.25) is 0 Å². The van der Waals surface area contributed by atoms with Crippen LogP contribution >= 0.6 is 0 Å². The molecule has 1 aromatic heterocycles. The summed E-state index contributed by atoms with van der Waals surface area (Å²) in [7, 11) is -2.71. The van der Waals surface area contributed by atoms with Gasteiger partial charge in [-0.25, -0.2) is 18.4 Å². The molecular weight excluding hydrogens is 592 g/mol. The Morgan fingerprint density at radius 1 is 0.867 bits per heavy atom. The molecular formula is C33H36N6O5S. The van der Waals surface area contributed by atoms with Crippen molar-refractivity contribution >= 4 is 50.0 Å². The number of aryl methyl sites for hydroxylation is 2. The minimum atomic E-state index is -4.17. The third-order valence-corrected chi connectivity index (χ3v) is 8.06. The van der Waals surface area contributed by atoms with Crippen LogP contribution in [0, 0.1) is 13.8 Å². The van der Waals surface area contributed by atoms with E-state index in [4.69, 9.17) is 4.74 Å². The first-order valence-corrected chi connectivity index (χ1v) is 15.2. The highest BCUT2D eigenvalue weighted by Gasteiger charge is 2.20. The summed E-state index contributed by atoms with van der Waals surface area (Å²) in [6.07, 6.45) is 0. The average molecular weight is 629 g/mol. The zero-order chi connectivity index (χ0) is 31.3. The van der Waals surface area contributed by atoms with Crippen LogP contribution in [0.15, 0.2) is 89.8 Å². The normalized spacial score (nSPS) is 11.0. The average Bonchev–Trinajstić information content (AvgIpc) is 2.98. The molecule has 0 unspecified atom stereocenters. The highest BCUT2D eigenvalue weighted by Crippen LogP contribution is 2.31. The summed E-state index contributed by atoms with van der Waals surface area (Å²) >= 11 is 0. The maximum atomic E-state index is 13.5. The molecule has 1 heterocycles. The van der Waals surface area contributed by atoms with Crippen LogP contribution in [0.4, 0.5) is 23.0 Å². The fourth-order valence-corrected chi connectivity index (χ4v) is 5.61. The molecule has 5 N–H and O–H groups in total. The second-order valence-corrected chi connectivity index (χ2v) is 11.9. The highest BCUT2D eigenvalue weighted by atomic mass is 32.2. The van der Waals surface area contributed by atoms with Gasteiger partial charge in [0.2, 0.25) is 5.91 Å². The van der Waals surface area contributed by atoms with E-state index in [0.717, 1.165) is 11.1 Å². The molecule has 0 aliphatic rings. The topological polar surface area (TPSA) is 155 Å². The lowest BCUT2D eigenvalue weighted by molar-refractivity contribution is -0.115. The standard InChI is InChI=1S/C32H32N6O5S.CH4/c1-20-11-12-22(21(2)13-20)18-33-19-30(40)34-23-7-6-8-27(16-23)44(41,42)38-32-31(36-28-9-4-5-10-29(28)37-32)35-24-14-25(39)17-26(15-24)43-3;/h4-17,33,39H,18-19H2,1-3H3,(H,34,40)(H,35,36)(H,37,38);1H4. The van der Waals surface area contributed by atoms with E-state index in [0.29, 0.717) is 34.7 Å². The smallest absolute Gasteiger partial charge is 0.263 e. The molecule has 0 spiro atoms. The van der Waals surface area contributed by atoms with Gasteiger partial charge in [0.1, 0.15) is 11.5 Å². The molecule has 12 heteroatoms. The number of hydrogen-bond acceptors (Lipinski definition) is 9. The van der Waals surface area contributed by atoms with Gasteiger partial charge < -0.3 is 25.8 Å². The van der Waals surface area contributed by atoms with E-state index in [9.17, 15) is 18.3 Å². The first-order chi connectivity index (χ1) is 21.1. The Balaban J connectivity index is 0.00000461. The van der Waals surface area contributed by atoms with Crippen molar-refractivity contribution in [2.24, 2.45) is 0 Å². The fourth-order valence-electron chi connectivity index (χ4n) is 4.56. The van der Waals surface area contributed by atoms with Gasteiger partial charge in [-0.05, 0) is 55.3 Å². The van der Waals surface area contributed by atoms with Gasteiger partial charge in [-0.1, -0.05) is 49.4 Å². The number of amides is 1. The van der Waals surface area contributed by atoms with E-state index in [2.05, 4.69) is 36.7 Å². The van der Waals surface area contributed by atoms with E-state index in [-0.39, 0.29) is 42.2 Å². The van der Waals surface area contributed by atoms with Gasteiger partial charge in [-0.2, -0.15) is 0 Å². The lowest BCUT2D eigenvalue weighted by Gasteiger charge is -2.15. The maximum absolute atomic E-state index is 13.5. The molecule has 11 nitrogen and oxygen atoms in total. The summed E-state index contributed by atoms with van der Waals surface area (Å²) in [6.45, 7) is 4.62. The molecule has 4 aromatic carbocycles. The zero-order valence-electron chi connectivity index (χ0n) is 24.4. The van der Waals surface area contributed by atoms with Gasteiger partial charge in [-0.3, -0.25) is 9.52 Å². The Hall–Kier alpha value is -5.20. The zero-order valence-corrected chi connectivity index (χ0v) is 25.2. The van der Waals surface area contributed by atoms with Crippen molar-refractivity contribution in [1.29, 1.82) is 0 Å². The third-order valence-electron chi connectivity index (χ3n) is 6.72. The fraction of sp³-hybridized carbons (Fsp3) is 0.182. The van der Waals surface area contributed by atoms with Gasteiger partial charge in [0.25, 0.3) is 10.0 Å². The Bertz CT molecular complexity index is 1950. The SMILES string of the molecule is C.COc1cc(O)cc(Nc2nc3ccccc3nc2NS(=O)(=O)c2cccc(NC(=O)CNCc3ccc(C)cc3C)c2)c1. The van der Waals surface area contributed by atoms with Crippen molar-refractivity contribution in [3.8, 4) is 11.5 Å². The van der Waals surface area contributed by atoms with E-state index < -0.39 is 10.0 Å². The second kappa shape index (κ2) is 14.1. The Morgan fingerprint density at radius 3 is 2.31 bits per heavy atom. The number of phenols is 1. The number of aromatic hydroxyl groups is 1. The molecule has 0 bridgehead atoms.